The monoisotopic (exact) mass is 351 g/mol. The molecule has 128 valence electrons. The summed E-state index contributed by atoms with van der Waals surface area (Å²) < 4.78 is 6.18. The molecule has 0 fully saturated rings. The van der Waals surface area contributed by atoms with Gasteiger partial charge in [0.1, 0.15) is 11.5 Å². The lowest BCUT2D eigenvalue weighted by Gasteiger charge is -2.14. The van der Waals surface area contributed by atoms with E-state index in [-0.39, 0.29) is 0 Å². The Morgan fingerprint density at radius 1 is 1.08 bits per heavy atom. The van der Waals surface area contributed by atoms with Gasteiger partial charge >= 0.3 is 0 Å². The Hall–Kier alpha value is -2.66. The highest BCUT2D eigenvalue weighted by molar-refractivity contribution is 7.13. The predicted octanol–water partition coefficient (Wildman–Crippen LogP) is 5.81. The van der Waals surface area contributed by atoms with E-state index >= 15 is 0 Å². The number of nitrogens with one attached hydrogen (secondary N) is 1. The van der Waals surface area contributed by atoms with Crippen LogP contribution in [0.4, 0.5) is 5.13 Å². The maximum Gasteiger partial charge on any atom is 0.203 e. The lowest BCUT2D eigenvalue weighted by atomic mass is 10.0. The van der Waals surface area contributed by atoms with E-state index in [1.54, 1.807) is 6.21 Å². The van der Waals surface area contributed by atoms with Gasteiger partial charge in [0.05, 0.1) is 11.9 Å². The van der Waals surface area contributed by atoms with Gasteiger partial charge in [-0.15, -0.1) is 11.3 Å². The molecule has 25 heavy (non-hydrogen) atoms. The first-order valence-electron chi connectivity index (χ1n) is 8.20. The highest BCUT2D eigenvalue weighted by atomic mass is 32.1. The minimum absolute atomic E-state index is 0.395. The van der Waals surface area contributed by atoms with Crippen molar-refractivity contribution in [2.45, 2.75) is 26.7 Å². The first-order chi connectivity index (χ1) is 12.1. The molecule has 0 saturated heterocycles. The van der Waals surface area contributed by atoms with Gasteiger partial charge in [-0.05, 0) is 36.6 Å². The number of aryl methyl sites for hydroxylation is 1. The van der Waals surface area contributed by atoms with Crippen LogP contribution < -0.4 is 10.2 Å². The molecular weight excluding hydrogens is 330 g/mol. The van der Waals surface area contributed by atoms with Gasteiger partial charge in [-0.2, -0.15) is 5.10 Å². The van der Waals surface area contributed by atoms with E-state index in [0.717, 1.165) is 27.9 Å². The fraction of sp³-hybridized carbons (Fsp3) is 0.200. The molecule has 4 nitrogen and oxygen atoms in total. The van der Waals surface area contributed by atoms with Gasteiger partial charge in [0, 0.05) is 10.9 Å². The zero-order valence-corrected chi connectivity index (χ0v) is 15.4. The molecule has 0 aliphatic heterocycles. The van der Waals surface area contributed by atoms with Crippen molar-refractivity contribution in [1.29, 1.82) is 0 Å². The van der Waals surface area contributed by atoms with E-state index in [0.29, 0.717) is 5.92 Å². The standard InChI is InChI=1S/C20H21N3OS/c1-14(2)17-9-5-7-11-19(17)24-18-10-6-4-8-16(18)12-21-23-20-22-15(3)13-25-20/h4-14H,1-3H3,(H,22,23). The van der Waals surface area contributed by atoms with Gasteiger partial charge in [-0.25, -0.2) is 4.98 Å². The van der Waals surface area contributed by atoms with Crippen LogP contribution in [0.2, 0.25) is 0 Å². The van der Waals surface area contributed by atoms with Crippen LogP contribution in [0.1, 0.15) is 36.6 Å². The summed E-state index contributed by atoms with van der Waals surface area (Å²) in [6.45, 7) is 6.28. The molecule has 0 atom stereocenters. The summed E-state index contributed by atoms with van der Waals surface area (Å²) >= 11 is 1.53. The molecule has 0 bridgehead atoms. The molecule has 1 heterocycles. The van der Waals surface area contributed by atoms with E-state index in [9.17, 15) is 0 Å². The fourth-order valence-corrected chi connectivity index (χ4v) is 3.05. The molecule has 0 spiro atoms. The Kier molecular flexibility index (Phi) is 5.46. The highest BCUT2D eigenvalue weighted by Gasteiger charge is 2.09. The third-order valence-electron chi connectivity index (χ3n) is 3.66. The van der Waals surface area contributed by atoms with Crippen molar-refractivity contribution in [3.05, 3.63) is 70.7 Å². The predicted molar refractivity (Wildman–Crippen MR) is 105 cm³/mol. The van der Waals surface area contributed by atoms with Crippen LogP contribution in [0, 0.1) is 6.92 Å². The second-order valence-corrected chi connectivity index (χ2v) is 6.85. The van der Waals surface area contributed by atoms with Gasteiger partial charge in [0.2, 0.25) is 5.13 Å². The molecule has 5 heteroatoms. The average molecular weight is 351 g/mol. The van der Waals surface area contributed by atoms with E-state index in [2.05, 4.69) is 35.4 Å². The number of anilines is 1. The molecule has 2 aromatic carbocycles. The molecule has 0 saturated carbocycles. The molecule has 0 unspecified atom stereocenters. The molecule has 0 radical (unpaired) electrons. The zero-order valence-electron chi connectivity index (χ0n) is 14.6. The number of benzene rings is 2. The molecule has 3 rings (SSSR count). The normalized spacial score (nSPS) is 11.2. The first-order valence-corrected chi connectivity index (χ1v) is 9.08. The lowest BCUT2D eigenvalue weighted by Crippen LogP contribution is -1.97. The number of para-hydroxylation sites is 2. The Bertz CT molecular complexity index is 871. The Labute approximate surface area is 152 Å². The second kappa shape index (κ2) is 7.94. The largest absolute Gasteiger partial charge is 0.456 e. The average Bonchev–Trinajstić information content (AvgIpc) is 3.02. The molecule has 1 aromatic heterocycles. The van der Waals surface area contributed by atoms with Gasteiger partial charge in [-0.3, -0.25) is 5.43 Å². The minimum Gasteiger partial charge on any atom is -0.456 e. The molecule has 0 amide bonds. The van der Waals surface area contributed by atoms with E-state index in [1.165, 1.54) is 16.9 Å². The molecular formula is C20H21N3OS. The summed E-state index contributed by atoms with van der Waals surface area (Å²) in [7, 11) is 0. The molecule has 3 aromatic rings. The van der Waals surface area contributed by atoms with E-state index in [1.807, 2.05) is 54.8 Å². The van der Waals surface area contributed by atoms with Gasteiger partial charge in [-0.1, -0.05) is 44.2 Å². The zero-order chi connectivity index (χ0) is 17.6. The summed E-state index contributed by atoms with van der Waals surface area (Å²) in [6, 6.07) is 16.0. The maximum absolute atomic E-state index is 6.18. The van der Waals surface area contributed by atoms with Crippen molar-refractivity contribution in [3.63, 3.8) is 0 Å². The van der Waals surface area contributed by atoms with Crippen LogP contribution in [0.15, 0.2) is 59.0 Å². The van der Waals surface area contributed by atoms with Crippen LogP contribution in [0.3, 0.4) is 0 Å². The summed E-state index contributed by atoms with van der Waals surface area (Å²) in [5.41, 5.74) is 6.03. The number of hydrazone groups is 1. The van der Waals surface area contributed by atoms with E-state index < -0.39 is 0 Å². The van der Waals surface area contributed by atoms with Crippen LogP contribution in [0.5, 0.6) is 11.5 Å². The number of thiazole rings is 1. The van der Waals surface area contributed by atoms with Gasteiger partial charge < -0.3 is 4.74 Å². The SMILES string of the molecule is Cc1csc(NN=Cc2ccccc2Oc2ccccc2C(C)C)n1. The third kappa shape index (κ3) is 4.45. The Balaban J connectivity index is 1.79. The van der Waals surface area contributed by atoms with Crippen molar-refractivity contribution < 1.29 is 4.74 Å². The van der Waals surface area contributed by atoms with Crippen molar-refractivity contribution in [1.82, 2.24) is 4.98 Å². The third-order valence-corrected chi connectivity index (χ3v) is 4.53. The maximum atomic E-state index is 6.18. The number of aromatic nitrogens is 1. The lowest BCUT2D eigenvalue weighted by molar-refractivity contribution is 0.472. The van der Waals surface area contributed by atoms with Gasteiger partial charge in [0.25, 0.3) is 0 Å². The summed E-state index contributed by atoms with van der Waals surface area (Å²) in [5, 5.41) is 7.04. The fourth-order valence-electron chi connectivity index (χ4n) is 2.41. The number of rotatable bonds is 6. The second-order valence-electron chi connectivity index (χ2n) is 6.00. The van der Waals surface area contributed by atoms with Crippen LogP contribution >= 0.6 is 11.3 Å². The number of ether oxygens (including phenoxy) is 1. The Morgan fingerprint density at radius 2 is 1.80 bits per heavy atom. The van der Waals surface area contributed by atoms with Crippen molar-refractivity contribution in [2.75, 3.05) is 5.43 Å². The van der Waals surface area contributed by atoms with Crippen LogP contribution in [-0.2, 0) is 0 Å². The van der Waals surface area contributed by atoms with Crippen molar-refractivity contribution in [3.8, 4) is 11.5 Å². The molecule has 0 aliphatic rings. The van der Waals surface area contributed by atoms with Crippen molar-refractivity contribution in [2.24, 2.45) is 5.10 Å². The number of nitrogens with zero attached hydrogens (tertiary/aromatic N) is 2. The summed E-state index contributed by atoms with van der Waals surface area (Å²) in [6.07, 6.45) is 1.75. The topological polar surface area (TPSA) is 46.5 Å². The minimum atomic E-state index is 0.395. The van der Waals surface area contributed by atoms with E-state index in [4.69, 9.17) is 4.74 Å². The first kappa shape index (κ1) is 17.2. The number of hydrogen-bond acceptors (Lipinski definition) is 5. The summed E-state index contributed by atoms with van der Waals surface area (Å²) in [5.74, 6) is 2.05. The molecule has 1 N–H and O–H groups in total. The van der Waals surface area contributed by atoms with Gasteiger partial charge in [0.15, 0.2) is 0 Å². The summed E-state index contributed by atoms with van der Waals surface area (Å²) in [4.78, 5) is 4.33. The van der Waals surface area contributed by atoms with Crippen LogP contribution in [-0.4, -0.2) is 11.2 Å². The molecule has 0 aliphatic carbocycles. The smallest absolute Gasteiger partial charge is 0.203 e. The highest BCUT2D eigenvalue weighted by Crippen LogP contribution is 2.31. The number of hydrogen-bond donors (Lipinski definition) is 1. The quantitative estimate of drug-likeness (QED) is 0.450. The van der Waals surface area contributed by atoms with Crippen LogP contribution in [0.25, 0.3) is 0 Å². The van der Waals surface area contributed by atoms with Crippen molar-refractivity contribution >= 4 is 22.7 Å². The Morgan fingerprint density at radius 3 is 2.52 bits per heavy atom.